The summed E-state index contributed by atoms with van der Waals surface area (Å²) in [5.41, 5.74) is 7.97. The molecule has 0 bridgehead atoms. The van der Waals surface area contributed by atoms with E-state index in [1.165, 1.54) is 50.5 Å². The Morgan fingerprint density at radius 1 is 1.15 bits per heavy atom. The fraction of sp³-hybridized carbons (Fsp3) is 0.560. The van der Waals surface area contributed by atoms with Crippen LogP contribution in [0.1, 0.15) is 70.6 Å². The Hall–Kier alpha value is -2.54. The lowest BCUT2D eigenvalue weighted by Crippen LogP contribution is -2.41. The molecular weight excluding hydrogens is 436 g/mol. The molecule has 0 amide bonds. The van der Waals surface area contributed by atoms with Crippen molar-refractivity contribution < 1.29 is 4.52 Å². The van der Waals surface area contributed by atoms with E-state index in [0.717, 1.165) is 36.9 Å². The van der Waals surface area contributed by atoms with Crippen LogP contribution in [0.25, 0.3) is 22.3 Å². The van der Waals surface area contributed by atoms with Crippen molar-refractivity contribution in [2.75, 3.05) is 6.54 Å². The maximum Gasteiger partial charge on any atom is 0.229 e. The number of hydrogen-bond donors (Lipinski definition) is 2. The Morgan fingerprint density at radius 3 is 2.70 bits per heavy atom. The molecule has 3 N–H and O–H groups in total. The number of aromatic nitrogens is 3. The second kappa shape index (κ2) is 12.1. The number of para-hydroxylation sites is 1. The molecule has 33 heavy (non-hydrogen) atoms. The van der Waals surface area contributed by atoms with Gasteiger partial charge in [0.15, 0.2) is 5.96 Å². The maximum absolute atomic E-state index is 7.77. The van der Waals surface area contributed by atoms with Crippen LogP contribution in [0.4, 0.5) is 0 Å². The van der Waals surface area contributed by atoms with E-state index in [9.17, 15) is 0 Å². The number of hydrogen-bond acceptors (Lipinski definition) is 4. The molecule has 1 fully saturated rings. The highest BCUT2D eigenvalue weighted by atomic mass is 35.5. The predicted molar refractivity (Wildman–Crippen MR) is 136 cm³/mol. The number of likely N-dealkylation sites (tertiary alicyclic amines) is 1. The predicted octanol–water partition coefficient (Wildman–Crippen LogP) is 5.76. The molecule has 3 aromatic rings. The first kappa shape index (κ1) is 25.1. The number of nitrogens with two attached hydrogens (primary N) is 1. The quantitative estimate of drug-likeness (QED) is 0.210. The molecule has 7 nitrogen and oxygen atoms in total. The Morgan fingerprint density at radius 2 is 1.91 bits per heavy atom. The summed E-state index contributed by atoms with van der Waals surface area (Å²) >= 11 is 0. The molecule has 0 saturated carbocycles. The average Bonchev–Trinajstić information content (AvgIpc) is 3.52. The number of rotatable bonds is 11. The van der Waals surface area contributed by atoms with Crippen molar-refractivity contribution in [3.8, 4) is 11.4 Å². The van der Waals surface area contributed by atoms with Gasteiger partial charge in [-0.3, -0.25) is 5.41 Å². The molecule has 0 unspecified atom stereocenters. The summed E-state index contributed by atoms with van der Waals surface area (Å²) in [6.07, 6.45) is 14.0. The van der Waals surface area contributed by atoms with E-state index in [-0.39, 0.29) is 24.4 Å². The van der Waals surface area contributed by atoms with E-state index < -0.39 is 0 Å². The van der Waals surface area contributed by atoms with Gasteiger partial charge in [0.05, 0.1) is 0 Å². The van der Waals surface area contributed by atoms with Crippen LogP contribution in [-0.4, -0.2) is 38.2 Å². The smallest absolute Gasteiger partial charge is 0.229 e. The molecule has 1 saturated heterocycles. The van der Waals surface area contributed by atoms with Gasteiger partial charge in [0.1, 0.15) is 0 Å². The Kier molecular flexibility index (Phi) is 9.18. The third-order valence-electron chi connectivity index (χ3n) is 6.60. The van der Waals surface area contributed by atoms with Crippen molar-refractivity contribution in [3.63, 3.8) is 0 Å². The average molecular weight is 473 g/mol. The van der Waals surface area contributed by atoms with Gasteiger partial charge in [-0.2, -0.15) is 4.98 Å². The summed E-state index contributed by atoms with van der Waals surface area (Å²) in [4.78, 5) is 6.64. The van der Waals surface area contributed by atoms with Crippen molar-refractivity contribution >= 4 is 29.3 Å². The normalized spacial score (nSPS) is 15.8. The topological polar surface area (TPSA) is 97.0 Å². The number of benzene rings is 1. The van der Waals surface area contributed by atoms with Crippen LogP contribution in [0.3, 0.4) is 0 Å². The number of halogens is 1. The largest absolute Gasteiger partial charge is 0.370 e. The second-order valence-corrected chi connectivity index (χ2v) is 8.97. The molecule has 1 aliphatic heterocycles. The summed E-state index contributed by atoms with van der Waals surface area (Å²) < 4.78 is 7.94. The standard InChI is InChI=1S/C25H36N6O.ClH/c1-2-3-4-5-6-7-10-15-30-18-21(20-13-8-9-14-22(20)30)24-28-23(32-29-24)17-19-12-11-16-31(19)25(26)27;/h8-9,13-14,18-19H,2-7,10-12,15-17H2,1H3,(H3,26,27);1H/t19-;/m0./s1. The Balaban J connectivity index is 0.00000306. The van der Waals surface area contributed by atoms with Gasteiger partial charge in [0.25, 0.3) is 0 Å². The number of guanidine groups is 1. The molecule has 4 rings (SSSR count). The van der Waals surface area contributed by atoms with Gasteiger partial charge in [-0.05, 0) is 25.3 Å². The van der Waals surface area contributed by atoms with Gasteiger partial charge < -0.3 is 19.7 Å². The molecule has 8 heteroatoms. The summed E-state index contributed by atoms with van der Waals surface area (Å²) in [5.74, 6) is 1.38. The highest BCUT2D eigenvalue weighted by Gasteiger charge is 2.28. The molecule has 0 aliphatic carbocycles. The second-order valence-electron chi connectivity index (χ2n) is 8.97. The molecular formula is C25H37ClN6O. The van der Waals surface area contributed by atoms with Gasteiger partial charge in [0.2, 0.25) is 11.7 Å². The van der Waals surface area contributed by atoms with Crippen molar-refractivity contribution in [3.05, 3.63) is 36.4 Å². The van der Waals surface area contributed by atoms with Crippen LogP contribution in [0.5, 0.6) is 0 Å². The minimum atomic E-state index is 0. The zero-order valence-corrected chi connectivity index (χ0v) is 20.4. The van der Waals surface area contributed by atoms with Crippen LogP contribution in [0, 0.1) is 5.41 Å². The lowest BCUT2D eigenvalue weighted by atomic mass is 10.1. The first-order valence-corrected chi connectivity index (χ1v) is 12.2. The molecule has 1 atom stereocenters. The van der Waals surface area contributed by atoms with E-state index in [2.05, 4.69) is 47.1 Å². The fourth-order valence-corrected chi connectivity index (χ4v) is 4.86. The third kappa shape index (κ3) is 6.08. The Bertz CT molecular complexity index is 1030. The van der Waals surface area contributed by atoms with E-state index in [1.807, 2.05) is 4.90 Å². The van der Waals surface area contributed by atoms with Crippen molar-refractivity contribution in [2.24, 2.45) is 5.73 Å². The van der Waals surface area contributed by atoms with E-state index >= 15 is 0 Å². The number of nitrogens with zero attached hydrogens (tertiary/aromatic N) is 4. The minimum Gasteiger partial charge on any atom is -0.370 e. The molecule has 1 aliphatic rings. The summed E-state index contributed by atoms with van der Waals surface area (Å²) in [5, 5.41) is 13.2. The van der Waals surface area contributed by atoms with Crippen molar-refractivity contribution in [1.29, 1.82) is 5.41 Å². The van der Waals surface area contributed by atoms with Crippen molar-refractivity contribution in [2.45, 2.75) is 83.7 Å². The first-order chi connectivity index (χ1) is 15.7. The molecule has 3 heterocycles. The number of aryl methyl sites for hydroxylation is 1. The zero-order valence-electron chi connectivity index (χ0n) is 19.6. The molecule has 0 radical (unpaired) electrons. The zero-order chi connectivity index (χ0) is 22.3. The summed E-state index contributed by atoms with van der Waals surface area (Å²) in [6.45, 7) is 4.10. The Labute approximate surface area is 202 Å². The summed E-state index contributed by atoms with van der Waals surface area (Å²) in [7, 11) is 0. The van der Waals surface area contributed by atoms with Gasteiger partial charge >= 0.3 is 0 Å². The lowest BCUT2D eigenvalue weighted by molar-refractivity contribution is 0.320. The highest BCUT2D eigenvalue weighted by Crippen LogP contribution is 2.30. The number of fused-ring (bicyclic) bond motifs is 1. The van der Waals surface area contributed by atoms with E-state index in [1.54, 1.807) is 0 Å². The van der Waals surface area contributed by atoms with Gasteiger partial charge in [-0.15, -0.1) is 12.4 Å². The highest BCUT2D eigenvalue weighted by molar-refractivity contribution is 5.94. The van der Waals surface area contributed by atoms with Crippen molar-refractivity contribution in [1.82, 2.24) is 19.6 Å². The monoisotopic (exact) mass is 472 g/mol. The van der Waals surface area contributed by atoms with Gasteiger partial charge in [-0.25, -0.2) is 0 Å². The molecule has 2 aromatic heterocycles. The van der Waals surface area contributed by atoms with Crippen LogP contribution >= 0.6 is 12.4 Å². The number of unbranched alkanes of at least 4 members (excludes halogenated alkanes) is 6. The minimum absolute atomic E-state index is 0. The van der Waals surface area contributed by atoms with Gasteiger partial charge in [0, 0.05) is 48.2 Å². The van der Waals surface area contributed by atoms with Crippen LogP contribution < -0.4 is 5.73 Å². The van der Waals surface area contributed by atoms with Crippen LogP contribution in [0.2, 0.25) is 0 Å². The first-order valence-electron chi connectivity index (χ1n) is 12.2. The molecule has 1 aromatic carbocycles. The van der Waals surface area contributed by atoms with E-state index in [0.29, 0.717) is 18.1 Å². The lowest BCUT2D eigenvalue weighted by Gasteiger charge is -2.23. The van der Waals surface area contributed by atoms with Crippen LogP contribution in [-0.2, 0) is 13.0 Å². The van der Waals surface area contributed by atoms with Crippen LogP contribution in [0.15, 0.2) is 35.0 Å². The fourth-order valence-electron chi connectivity index (χ4n) is 4.86. The summed E-state index contributed by atoms with van der Waals surface area (Å²) in [6, 6.07) is 8.62. The molecule has 180 valence electrons. The molecule has 0 spiro atoms. The third-order valence-corrected chi connectivity index (χ3v) is 6.60. The van der Waals surface area contributed by atoms with E-state index in [4.69, 9.17) is 20.7 Å². The number of nitrogens with one attached hydrogen (secondary N) is 1. The maximum atomic E-state index is 7.77. The SMILES string of the molecule is CCCCCCCCCn1cc(-c2noc(C[C@@H]3CCCN3C(=N)N)n2)c2ccccc21.Cl. The van der Waals surface area contributed by atoms with Gasteiger partial charge in [-0.1, -0.05) is 68.8 Å².